The highest BCUT2D eigenvalue weighted by atomic mass is 16.6. The van der Waals surface area contributed by atoms with Gasteiger partial charge in [0.25, 0.3) is 0 Å². The van der Waals surface area contributed by atoms with Crippen molar-refractivity contribution in [1.82, 2.24) is 0 Å². The van der Waals surface area contributed by atoms with Gasteiger partial charge in [-0.3, -0.25) is 0 Å². The third-order valence-corrected chi connectivity index (χ3v) is 3.30. The molecule has 3 nitrogen and oxygen atoms in total. The fourth-order valence-electron chi connectivity index (χ4n) is 2.29. The van der Waals surface area contributed by atoms with Gasteiger partial charge in [0, 0.05) is 17.4 Å². The summed E-state index contributed by atoms with van der Waals surface area (Å²) in [6.45, 7) is 0. The molecule has 1 aliphatic rings. The average molecular weight is 275 g/mol. The molecule has 0 aliphatic carbocycles. The van der Waals surface area contributed by atoms with Gasteiger partial charge in [-0.2, -0.15) is 0 Å². The molecule has 3 heteroatoms. The number of nitrogens with one attached hydrogen (secondary N) is 1. The van der Waals surface area contributed by atoms with Gasteiger partial charge in [-0.25, -0.2) is 0 Å². The molecule has 1 N–H and O–H groups in total. The highest BCUT2D eigenvalue weighted by Gasteiger charge is 2.18. The third-order valence-electron chi connectivity index (χ3n) is 3.30. The van der Waals surface area contributed by atoms with Crippen LogP contribution in [0.25, 0.3) is 0 Å². The molecule has 0 aromatic heterocycles. The zero-order chi connectivity index (χ0) is 14.1. The second-order valence-electron chi connectivity index (χ2n) is 4.80. The number of ether oxygens (including phenoxy) is 2. The van der Waals surface area contributed by atoms with Crippen molar-refractivity contribution < 1.29 is 9.47 Å². The van der Waals surface area contributed by atoms with E-state index in [1.165, 1.54) is 0 Å². The van der Waals surface area contributed by atoms with E-state index in [-0.39, 0.29) is 0 Å². The summed E-state index contributed by atoms with van der Waals surface area (Å²) in [6.07, 6.45) is 0. The zero-order valence-corrected chi connectivity index (χ0v) is 11.2. The maximum atomic E-state index is 5.89. The van der Waals surface area contributed by atoms with E-state index in [1.54, 1.807) is 0 Å². The standard InChI is InChI=1S/C18H13NO2/c1-2-6-13(7-3-1)19-14-10-11-17-18(12-14)21-16-9-5-4-8-15(16)20-17/h1-12,19H. The molecule has 0 bridgehead atoms. The van der Waals surface area contributed by atoms with Gasteiger partial charge in [0.2, 0.25) is 0 Å². The van der Waals surface area contributed by atoms with Gasteiger partial charge < -0.3 is 14.8 Å². The highest BCUT2D eigenvalue weighted by molar-refractivity contribution is 5.65. The molecule has 4 rings (SSSR count). The van der Waals surface area contributed by atoms with Crippen LogP contribution < -0.4 is 14.8 Å². The molecule has 0 saturated carbocycles. The van der Waals surface area contributed by atoms with Crippen LogP contribution >= 0.6 is 0 Å². The van der Waals surface area contributed by atoms with Gasteiger partial charge in [0.05, 0.1) is 0 Å². The lowest BCUT2D eigenvalue weighted by Crippen LogP contribution is -1.99. The summed E-state index contributed by atoms with van der Waals surface area (Å²) < 4.78 is 11.7. The van der Waals surface area contributed by atoms with Crippen LogP contribution in [0, 0.1) is 0 Å². The number of para-hydroxylation sites is 3. The van der Waals surface area contributed by atoms with Crippen LogP contribution in [-0.2, 0) is 0 Å². The Bertz CT molecular complexity index is 784. The maximum absolute atomic E-state index is 5.89. The Hall–Kier alpha value is -2.94. The van der Waals surface area contributed by atoms with Crippen LogP contribution in [0.4, 0.5) is 11.4 Å². The fourth-order valence-corrected chi connectivity index (χ4v) is 2.29. The minimum Gasteiger partial charge on any atom is -0.450 e. The molecule has 0 spiro atoms. The first-order valence-electron chi connectivity index (χ1n) is 6.79. The van der Waals surface area contributed by atoms with Crippen molar-refractivity contribution in [3.8, 4) is 23.0 Å². The van der Waals surface area contributed by atoms with Crippen molar-refractivity contribution in [1.29, 1.82) is 0 Å². The summed E-state index contributed by atoms with van der Waals surface area (Å²) in [6, 6.07) is 23.5. The van der Waals surface area contributed by atoms with Crippen molar-refractivity contribution in [2.24, 2.45) is 0 Å². The Morgan fingerprint density at radius 2 is 1.14 bits per heavy atom. The molecule has 0 saturated heterocycles. The van der Waals surface area contributed by atoms with E-state index in [0.29, 0.717) is 0 Å². The molecule has 3 aromatic carbocycles. The van der Waals surface area contributed by atoms with Crippen molar-refractivity contribution in [3.63, 3.8) is 0 Å². The normalized spacial score (nSPS) is 11.6. The predicted molar refractivity (Wildman–Crippen MR) is 82.8 cm³/mol. The molecule has 102 valence electrons. The van der Waals surface area contributed by atoms with Crippen molar-refractivity contribution in [2.45, 2.75) is 0 Å². The van der Waals surface area contributed by atoms with E-state index in [9.17, 15) is 0 Å². The molecule has 3 aromatic rings. The van der Waals surface area contributed by atoms with Crippen LogP contribution in [0.2, 0.25) is 0 Å². The fraction of sp³-hybridized carbons (Fsp3) is 0. The first-order valence-corrected chi connectivity index (χ1v) is 6.79. The lowest BCUT2D eigenvalue weighted by atomic mass is 10.2. The minimum atomic E-state index is 0.717. The Labute approximate surface area is 122 Å². The molecule has 21 heavy (non-hydrogen) atoms. The van der Waals surface area contributed by atoms with E-state index in [2.05, 4.69) is 5.32 Å². The molecule has 1 heterocycles. The molecule has 1 aliphatic heterocycles. The summed E-state index contributed by atoms with van der Waals surface area (Å²) in [5.74, 6) is 2.93. The lowest BCUT2D eigenvalue weighted by molar-refractivity contribution is 0.360. The van der Waals surface area contributed by atoms with Crippen molar-refractivity contribution in [2.75, 3.05) is 5.32 Å². The largest absolute Gasteiger partial charge is 0.450 e. The topological polar surface area (TPSA) is 30.5 Å². The van der Waals surface area contributed by atoms with E-state index in [4.69, 9.17) is 9.47 Å². The summed E-state index contributed by atoms with van der Waals surface area (Å²) in [4.78, 5) is 0. The minimum absolute atomic E-state index is 0.717. The Morgan fingerprint density at radius 1 is 0.524 bits per heavy atom. The van der Waals surface area contributed by atoms with E-state index >= 15 is 0 Å². The monoisotopic (exact) mass is 275 g/mol. The molecule has 0 radical (unpaired) electrons. The molecule has 0 fully saturated rings. The van der Waals surface area contributed by atoms with Gasteiger partial charge in [0.1, 0.15) is 0 Å². The van der Waals surface area contributed by atoms with Crippen molar-refractivity contribution in [3.05, 3.63) is 72.8 Å². The van der Waals surface area contributed by atoms with Crippen molar-refractivity contribution >= 4 is 11.4 Å². The second kappa shape index (κ2) is 4.87. The van der Waals surface area contributed by atoms with Crippen LogP contribution in [0.5, 0.6) is 23.0 Å². The SMILES string of the molecule is c1ccc(Nc2ccc3c(c2)Oc2ccccc2O3)cc1. The number of rotatable bonds is 2. The van der Waals surface area contributed by atoms with Crippen LogP contribution in [0.1, 0.15) is 0 Å². The lowest BCUT2D eigenvalue weighted by Gasteiger charge is -2.21. The number of fused-ring (bicyclic) bond motifs is 2. The highest BCUT2D eigenvalue weighted by Crippen LogP contribution is 2.45. The van der Waals surface area contributed by atoms with Gasteiger partial charge in [-0.15, -0.1) is 0 Å². The van der Waals surface area contributed by atoms with Gasteiger partial charge in [-0.05, 0) is 36.4 Å². The average Bonchev–Trinajstić information content (AvgIpc) is 2.54. The predicted octanol–water partition coefficient (Wildman–Crippen LogP) is 5.33. The first-order chi connectivity index (χ1) is 10.4. The molecule has 0 unspecified atom stereocenters. The quantitative estimate of drug-likeness (QED) is 0.536. The number of anilines is 2. The second-order valence-corrected chi connectivity index (χ2v) is 4.80. The summed E-state index contributed by atoms with van der Waals surface area (Å²) >= 11 is 0. The summed E-state index contributed by atoms with van der Waals surface area (Å²) in [5.41, 5.74) is 2.00. The van der Waals surface area contributed by atoms with Crippen LogP contribution in [-0.4, -0.2) is 0 Å². The zero-order valence-electron chi connectivity index (χ0n) is 11.2. The third kappa shape index (κ3) is 2.30. The van der Waals surface area contributed by atoms with Gasteiger partial charge in [0.15, 0.2) is 23.0 Å². The Morgan fingerprint density at radius 3 is 1.90 bits per heavy atom. The smallest absolute Gasteiger partial charge is 0.172 e. The Balaban J connectivity index is 1.64. The van der Waals surface area contributed by atoms with Crippen LogP contribution in [0.15, 0.2) is 72.8 Å². The number of benzene rings is 3. The first kappa shape index (κ1) is 11.9. The molecular weight excluding hydrogens is 262 g/mol. The van der Waals surface area contributed by atoms with E-state index in [0.717, 1.165) is 34.4 Å². The molecule has 0 atom stereocenters. The molecule has 0 amide bonds. The maximum Gasteiger partial charge on any atom is 0.172 e. The molecular formula is C18H13NO2. The van der Waals surface area contributed by atoms with E-state index in [1.807, 2.05) is 72.8 Å². The van der Waals surface area contributed by atoms with E-state index < -0.39 is 0 Å². The van der Waals surface area contributed by atoms with Gasteiger partial charge >= 0.3 is 0 Å². The van der Waals surface area contributed by atoms with Gasteiger partial charge in [-0.1, -0.05) is 30.3 Å². The number of hydrogen-bond donors (Lipinski definition) is 1. The van der Waals surface area contributed by atoms with Crippen LogP contribution in [0.3, 0.4) is 0 Å². The Kier molecular flexibility index (Phi) is 2.75. The number of hydrogen-bond acceptors (Lipinski definition) is 3. The summed E-state index contributed by atoms with van der Waals surface area (Å²) in [5, 5.41) is 3.34. The summed E-state index contributed by atoms with van der Waals surface area (Å²) in [7, 11) is 0.